The van der Waals surface area contributed by atoms with Gasteiger partial charge in [-0.2, -0.15) is 5.10 Å². The first-order valence-corrected chi connectivity index (χ1v) is 9.91. The van der Waals surface area contributed by atoms with Gasteiger partial charge >= 0.3 is 0 Å². The molecule has 136 valence electrons. The number of nitrogens with zero attached hydrogens (tertiary/aromatic N) is 4. The standard InChI is InChI=1S/C19H28N4OS/c1-14-20-16(13-25-14)12-22-9-7-15(8-10-22)11-23-18(24)6-5-17(21-23)19(2,3)4/h5-6,13,15H,7-12H2,1-4H3. The third-order valence-electron chi connectivity index (χ3n) is 4.83. The van der Waals surface area contributed by atoms with Crippen molar-refractivity contribution in [1.29, 1.82) is 0 Å². The number of hydrogen-bond acceptors (Lipinski definition) is 5. The molecule has 0 aliphatic carbocycles. The summed E-state index contributed by atoms with van der Waals surface area (Å²) in [6.45, 7) is 12.2. The van der Waals surface area contributed by atoms with Gasteiger partial charge in [-0.05, 0) is 44.8 Å². The van der Waals surface area contributed by atoms with Gasteiger partial charge in [0.1, 0.15) is 0 Å². The zero-order valence-electron chi connectivity index (χ0n) is 15.7. The van der Waals surface area contributed by atoms with Gasteiger partial charge in [-0.15, -0.1) is 11.3 Å². The molecule has 1 aliphatic rings. The summed E-state index contributed by atoms with van der Waals surface area (Å²) in [7, 11) is 0. The van der Waals surface area contributed by atoms with Crippen LogP contribution in [0.1, 0.15) is 50.0 Å². The van der Waals surface area contributed by atoms with E-state index in [1.165, 1.54) is 5.69 Å². The maximum Gasteiger partial charge on any atom is 0.266 e. The quantitative estimate of drug-likeness (QED) is 0.840. The first-order valence-electron chi connectivity index (χ1n) is 9.03. The fraction of sp³-hybridized carbons (Fsp3) is 0.632. The Morgan fingerprint density at radius 3 is 2.56 bits per heavy atom. The molecule has 0 aromatic carbocycles. The highest BCUT2D eigenvalue weighted by Crippen LogP contribution is 2.22. The van der Waals surface area contributed by atoms with E-state index in [0.717, 1.165) is 49.7 Å². The molecule has 0 saturated carbocycles. The molecule has 2 aromatic heterocycles. The minimum absolute atomic E-state index is 0.00776. The first kappa shape index (κ1) is 18.3. The molecule has 1 fully saturated rings. The molecule has 3 heterocycles. The summed E-state index contributed by atoms with van der Waals surface area (Å²) >= 11 is 1.72. The van der Waals surface area contributed by atoms with Crippen LogP contribution in [-0.2, 0) is 18.5 Å². The van der Waals surface area contributed by atoms with Crippen LogP contribution < -0.4 is 5.56 Å². The van der Waals surface area contributed by atoms with E-state index < -0.39 is 0 Å². The lowest BCUT2D eigenvalue weighted by Gasteiger charge is -2.31. The summed E-state index contributed by atoms with van der Waals surface area (Å²) in [6.07, 6.45) is 2.22. The van der Waals surface area contributed by atoms with Crippen molar-refractivity contribution in [2.24, 2.45) is 5.92 Å². The highest BCUT2D eigenvalue weighted by atomic mass is 32.1. The normalized spacial score (nSPS) is 17.1. The van der Waals surface area contributed by atoms with Gasteiger partial charge in [-0.25, -0.2) is 9.67 Å². The van der Waals surface area contributed by atoms with Crippen molar-refractivity contribution < 1.29 is 0 Å². The third kappa shape index (κ3) is 4.76. The fourth-order valence-electron chi connectivity index (χ4n) is 3.26. The molecule has 0 unspecified atom stereocenters. The number of aromatic nitrogens is 3. The highest BCUT2D eigenvalue weighted by molar-refractivity contribution is 7.09. The van der Waals surface area contributed by atoms with Crippen LogP contribution >= 0.6 is 11.3 Å². The Bertz CT molecular complexity index is 766. The van der Waals surface area contributed by atoms with Crippen LogP contribution in [0.4, 0.5) is 0 Å². The number of hydrogen-bond donors (Lipinski definition) is 0. The van der Waals surface area contributed by atoms with E-state index in [1.807, 2.05) is 6.07 Å². The van der Waals surface area contributed by atoms with Crippen molar-refractivity contribution in [3.63, 3.8) is 0 Å². The molecule has 1 aliphatic heterocycles. The van der Waals surface area contributed by atoms with Crippen LogP contribution in [0.5, 0.6) is 0 Å². The Morgan fingerprint density at radius 1 is 1.24 bits per heavy atom. The number of aryl methyl sites for hydroxylation is 1. The molecular weight excluding hydrogens is 332 g/mol. The summed E-state index contributed by atoms with van der Waals surface area (Å²) in [5, 5.41) is 7.90. The monoisotopic (exact) mass is 360 g/mol. The van der Waals surface area contributed by atoms with E-state index in [1.54, 1.807) is 22.1 Å². The minimum atomic E-state index is -0.0372. The molecule has 25 heavy (non-hydrogen) atoms. The average molecular weight is 361 g/mol. The Morgan fingerprint density at radius 2 is 1.96 bits per heavy atom. The van der Waals surface area contributed by atoms with Crippen molar-refractivity contribution in [3.8, 4) is 0 Å². The summed E-state index contributed by atoms with van der Waals surface area (Å²) in [5.41, 5.74) is 2.12. The predicted molar refractivity (Wildman–Crippen MR) is 102 cm³/mol. The zero-order chi connectivity index (χ0) is 18.0. The van der Waals surface area contributed by atoms with Gasteiger partial charge in [0.05, 0.1) is 16.4 Å². The fourth-order valence-corrected chi connectivity index (χ4v) is 3.87. The van der Waals surface area contributed by atoms with E-state index >= 15 is 0 Å². The Hall–Kier alpha value is -1.53. The highest BCUT2D eigenvalue weighted by Gasteiger charge is 2.22. The molecule has 5 nitrogen and oxygen atoms in total. The Labute approximate surface area is 153 Å². The van der Waals surface area contributed by atoms with Crippen LogP contribution in [0.25, 0.3) is 0 Å². The topological polar surface area (TPSA) is 51.0 Å². The van der Waals surface area contributed by atoms with Crippen molar-refractivity contribution in [2.45, 2.75) is 59.0 Å². The number of likely N-dealkylation sites (tertiary alicyclic amines) is 1. The second-order valence-electron chi connectivity index (χ2n) is 8.07. The van der Waals surface area contributed by atoms with E-state index in [9.17, 15) is 4.79 Å². The van der Waals surface area contributed by atoms with Crippen LogP contribution in [0.3, 0.4) is 0 Å². The molecule has 0 atom stereocenters. The van der Waals surface area contributed by atoms with E-state index in [4.69, 9.17) is 0 Å². The van der Waals surface area contributed by atoms with E-state index in [-0.39, 0.29) is 11.0 Å². The molecule has 0 N–H and O–H groups in total. The van der Waals surface area contributed by atoms with Crippen molar-refractivity contribution in [2.75, 3.05) is 13.1 Å². The lowest BCUT2D eigenvalue weighted by molar-refractivity contribution is 0.162. The molecular formula is C19H28N4OS. The molecule has 0 radical (unpaired) electrons. The maximum absolute atomic E-state index is 12.2. The molecule has 2 aromatic rings. The molecule has 6 heteroatoms. The van der Waals surface area contributed by atoms with Gasteiger partial charge in [0, 0.05) is 30.0 Å². The van der Waals surface area contributed by atoms with E-state index in [2.05, 4.69) is 48.1 Å². The minimum Gasteiger partial charge on any atom is -0.297 e. The molecule has 0 spiro atoms. The van der Waals surface area contributed by atoms with Gasteiger partial charge in [-0.1, -0.05) is 20.8 Å². The second-order valence-corrected chi connectivity index (χ2v) is 9.13. The van der Waals surface area contributed by atoms with Crippen LogP contribution in [-0.4, -0.2) is 32.8 Å². The van der Waals surface area contributed by atoms with Gasteiger partial charge in [-0.3, -0.25) is 9.69 Å². The van der Waals surface area contributed by atoms with E-state index in [0.29, 0.717) is 5.92 Å². The van der Waals surface area contributed by atoms with Gasteiger partial charge in [0.15, 0.2) is 0 Å². The molecule has 0 amide bonds. The Kier molecular flexibility index (Phi) is 5.39. The van der Waals surface area contributed by atoms with Crippen LogP contribution in [0, 0.1) is 12.8 Å². The molecule has 3 rings (SSSR count). The smallest absolute Gasteiger partial charge is 0.266 e. The number of piperidine rings is 1. The first-order chi connectivity index (χ1) is 11.8. The summed E-state index contributed by atoms with van der Waals surface area (Å²) in [6, 6.07) is 3.52. The number of thiazole rings is 1. The average Bonchev–Trinajstić information content (AvgIpc) is 2.95. The largest absolute Gasteiger partial charge is 0.297 e. The lowest BCUT2D eigenvalue weighted by atomic mass is 9.92. The second kappa shape index (κ2) is 7.38. The third-order valence-corrected chi connectivity index (χ3v) is 5.65. The van der Waals surface area contributed by atoms with Crippen molar-refractivity contribution >= 4 is 11.3 Å². The zero-order valence-corrected chi connectivity index (χ0v) is 16.5. The van der Waals surface area contributed by atoms with Crippen LogP contribution in [0.2, 0.25) is 0 Å². The summed E-state index contributed by atoms with van der Waals surface area (Å²) in [4.78, 5) is 19.2. The van der Waals surface area contributed by atoms with Gasteiger partial charge < -0.3 is 0 Å². The lowest BCUT2D eigenvalue weighted by Crippen LogP contribution is -2.37. The maximum atomic E-state index is 12.2. The van der Waals surface area contributed by atoms with Crippen molar-refractivity contribution in [1.82, 2.24) is 19.7 Å². The SMILES string of the molecule is Cc1nc(CN2CCC(Cn3nc(C(C)(C)C)ccc3=O)CC2)cs1. The summed E-state index contributed by atoms with van der Waals surface area (Å²) < 4.78 is 1.67. The molecule has 0 bridgehead atoms. The van der Waals surface area contributed by atoms with Gasteiger partial charge in [0.2, 0.25) is 0 Å². The van der Waals surface area contributed by atoms with Gasteiger partial charge in [0.25, 0.3) is 5.56 Å². The predicted octanol–water partition coefficient (Wildman–Crippen LogP) is 3.22. The van der Waals surface area contributed by atoms with Crippen molar-refractivity contribution in [3.05, 3.63) is 44.3 Å². The molecule has 1 saturated heterocycles. The Balaban J connectivity index is 1.58. The number of rotatable bonds is 4. The summed E-state index contributed by atoms with van der Waals surface area (Å²) in [5.74, 6) is 0.522. The van der Waals surface area contributed by atoms with Crippen LogP contribution in [0.15, 0.2) is 22.3 Å².